The van der Waals surface area contributed by atoms with Gasteiger partial charge < -0.3 is 9.53 Å². The minimum Gasteiger partial charge on any atom is -0.410 e. The van der Waals surface area contributed by atoms with Crippen molar-refractivity contribution in [3.63, 3.8) is 0 Å². The first-order chi connectivity index (χ1) is 17.4. The number of aliphatic hydroxyl groups is 1. The predicted octanol–water partition coefficient (Wildman–Crippen LogP) is 10.6. The van der Waals surface area contributed by atoms with E-state index in [4.69, 9.17) is 9.41 Å². The maximum Gasteiger partial charge on any atom is 0.310 e. The highest BCUT2D eigenvalue weighted by Gasteiger charge is 2.65. The van der Waals surface area contributed by atoms with E-state index in [1.54, 1.807) is 0 Å². The van der Waals surface area contributed by atoms with Crippen LogP contribution in [0.5, 0.6) is 0 Å². The maximum atomic E-state index is 13.1. The van der Waals surface area contributed by atoms with E-state index in [2.05, 4.69) is 76.4 Å². The SMILES string of the molecule is CC(C)c1cc(I)c2c(n1)CC1(CC([C@@H](O)c3ccc(S(F)(F)(F)(F)F)cc3)C1)C[C@@H]2O[Si](C)(C)C(C)(C)C. The molecule has 0 unspecified atom stereocenters. The lowest BCUT2D eigenvalue weighted by molar-refractivity contribution is -0.0663. The lowest BCUT2D eigenvalue weighted by Crippen LogP contribution is -2.49. The second kappa shape index (κ2) is 9.12. The summed E-state index contributed by atoms with van der Waals surface area (Å²) in [7, 11) is -11.9. The second-order valence-electron chi connectivity index (χ2n) is 13.4. The molecule has 1 fully saturated rings. The van der Waals surface area contributed by atoms with Crippen molar-refractivity contribution < 1.29 is 29.0 Å². The van der Waals surface area contributed by atoms with E-state index in [0.717, 1.165) is 45.5 Å². The van der Waals surface area contributed by atoms with Gasteiger partial charge in [-0.25, -0.2) is 0 Å². The van der Waals surface area contributed by atoms with Crippen molar-refractivity contribution >= 4 is 41.1 Å². The Kier molecular flexibility index (Phi) is 7.29. The molecule has 2 aromatic rings. The zero-order valence-electron chi connectivity index (χ0n) is 23.5. The van der Waals surface area contributed by atoms with Crippen LogP contribution in [0.15, 0.2) is 35.2 Å². The molecular formula is C28H39F5INO2SSi. The summed E-state index contributed by atoms with van der Waals surface area (Å²) in [6.45, 7) is 15.3. The van der Waals surface area contributed by atoms with Gasteiger partial charge >= 0.3 is 10.2 Å². The van der Waals surface area contributed by atoms with Crippen molar-refractivity contribution in [2.24, 2.45) is 11.3 Å². The first-order valence-corrected chi connectivity index (χ1v) is 19.2. The summed E-state index contributed by atoms with van der Waals surface area (Å²) < 4.78 is 73.8. The summed E-state index contributed by atoms with van der Waals surface area (Å²) in [5, 5.41) is 11.0. The van der Waals surface area contributed by atoms with E-state index >= 15 is 0 Å². The van der Waals surface area contributed by atoms with Gasteiger partial charge in [-0.2, -0.15) is 0 Å². The van der Waals surface area contributed by atoms with Crippen LogP contribution in [0.3, 0.4) is 0 Å². The molecule has 1 N–H and O–H groups in total. The van der Waals surface area contributed by atoms with Crippen LogP contribution in [-0.2, 0) is 10.8 Å². The monoisotopic (exact) mass is 703 g/mol. The summed E-state index contributed by atoms with van der Waals surface area (Å²) in [6, 6.07) is 4.86. The van der Waals surface area contributed by atoms with E-state index in [-0.39, 0.29) is 34.0 Å². The highest BCUT2D eigenvalue weighted by Crippen LogP contribution is 3.02. The van der Waals surface area contributed by atoms with Gasteiger partial charge in [0.25, 0.3) is 0 Å². The highest BCUT2D eigenvalue weighted by molar-refractivity contribution is 14.1. The first kappa shape index (κ1) is 31.2. The first-order valence-electron chi connectivity index (χ1n) is 13.3. The average Bonchev–Trinajstić information content (AvgIpc) is 2.73. The molecule has 0 bridgehead atoms. The molecule has 11 heteroatoms. The van der Waals surface area contributed by atoms with Gasteiger partial charge in [0.15, 0.2) is 8.32 Å². The molecular weight excluding hydrogens is 664 g/mol. The zero-order chi connectivity index (χ0) is 29.5. The number of halogens is 6. The molecule has 1 aromatic carbocycles. The normalized spacial score (nSPS) is 26.5. The van der Waals surface area contributed by atoms with Crippen molar-refractivity contribution in [1.82, 2.24) is 4.98 Å². The summed E-state index contributed by atoms with van der Waals surface area (Å²) in [4.78, 5) is 3.12. The summed E-state index contributed by atoms with van der Waals surface area (Å²) >= 11 is 2.39. The Bertz CT molecular complexity index is 1260. The van der Waals surface area contributed by atoms with E-state index in [0.29, 0.717) is 25.0 Å². The van der Waals surface area contributed by atoms with Crippen LogP contribution in [-0.4, -0.2) is 18.4 Å². The van der Waals surface area contributed by atoms with Crippen LogP contribution in [0.4, 0.5) is 19.4 Å². The van der Waals surface area contributed by atoms with Crippen LogP contribution in [0.2, 0.25) is 18.1 Å². The molecule has 3 nitrogen and oxygen atoms in total. The third-order valence-electron chi connectivity index (χ3n) is 8.93. The second-order valence-corrected chi connectivity index (χ2v) is 21.8. The van der Waals surface area contributed by atoms with Crippen LogP contribution in [0.25, 0.3) is 0 Å². The average molecular weight is 704 g/mol. The third-order valence-corrected chi connectivity index (χ3v) is 15.5. The highest BCUT2D eigenvalue weighted by atomic mass is 127. The maximum absolute atomic E-state index is 13.1. The Morgan fingerprint density at radius 2 is 1.62 bits per heavy atom. The fourth-order valence-electron chi connectivity index (χ4n) is 5.70. The van der Waals surface area contributed by atoms with Crippen LogP contribution < -0.4 is 0 Å². The molecule has 1 spiro atoms. The molecule has 1 aromatic heterocycles. The van der Waals surface area contributed by atoms with Crippen molar-refractivity contribution in [3.05, 3.63) is 56.4 Å². The number of aliphatic hydroxyl groups excluding tert-OH is 1. The van der Waals surface area contributed by atoms with E-state index < -0.39 is 29.5 Å². The summed E-state index contributed by atoms with van der Waals surface area (Å²) in [6.07, 6.45) is 1.72. The molecule has 2 aliphatic carbocycles. The summed E-state index contributed by atoms with van der Waals surface area (Å²) in [5.41, 5.74) is 3.31. The Morgan fingerprint density at radius 1 is 1.05 bits per heavy atom. The largest absolute Gasteiger partial charge is 0.410 e. The fraction of sp³-hybridized carbons (Fsp3) is 0.607. The number of rotatable bonds is 6. The molecule has 0 radical (unpaired) electrons. The zero-order valence-corrected chi connectivity index (χ0v) is 27.5. The molecule has 1 saturated carbocycles. The molecule has 2 aliphatic rings. The lowest BCUT2D eigenvalue weighted by Gasteiger charge is -2.54. The Balaban J connectivity index is 1.60. The van der Waals surface area contributed by atoms with E-state index in [1.165, 1.54) is 0 Å². The quantitative estimate of drug-likeness (QED) is 0.185. The van der Waals surface area contributed by atoms with Gasteiger partial charge in [0.05, 0.1) is 12.2 Å². The van der Waals surface area contributed by atoms with E-state index in [9.17, 15) is 24.5 Å². The molecule has 0 amide bonds. The Labute approximate surface area is 243 Å². The van der Waals surface area contributed by atoms with Gasteiger partial charge in [0.2, 0.25) is 0 Å². The number of nitrogens with zero attached hydrogens (tertiary/aromatic N) is 1. The Hall–Kier alpha value is -0.763. The van der Waals surface area contributed by atoms with Gasteiger partial charge in [0, 0.05) is 20.5 Å². The fourth-order valence-corrected chi connectivity index (χ4v) is 8.59. The van der Waals surface area contributed by atoms with Crippen molar-refractivity contribution in [2.45, 2.75) is 101 Å². The number of benzene rings is 1. The predicted molar refractivity (Wildman–Crippen MR) is 158 cm³/mol. The number of fused-ring (bicyclic) bond motifs is 1. The topological polar surface area (TPSA) is 42.4 Å². The third kappa shape index (κ3) is 6.36. The number of aromatic nitrogens is 1. The van der Waals surface area contributed by atoms with Crippen molar-refractivity contribution in [2.75, 3.05) is 0 Å². The van der Waals surface area contributed by atoms with Crippen LogP contribution in [0.1, 0.15) is 94.5 Å². The number of hydrogen-bond donors (Lipinski definition) is 1. The van der Waals surface area contributed by atoms with Crippen LogP contribution in [0, 0.1) is 14.9 Å². The standard InChI is InChI=1S/C28H39F5INO2SSi/c1-17(2)22-12-21(34)25-23(35-22)15-28(16-24(25)37-39(6,7)27(3,4)5)13-19(14-28)26(36)18-8-10-20(11-9-18)38(29,30,31,32)33/h8-12,17,19,24,26,36H,13-16H2,1-7H3/t19?,24-,26-,28?/m0/s1. The molecule has 0 saturated heterocycles. The molecule has 220 valence electrons. The van der Waals surface area contributed by atoms with Crippen LogP contribution >= 0.6 is 32.8 Å². The van der Waals surface area contributed by atoms with Gasteiger partial charge in [-0.1, -0.05) is 66.2 Å². The molecule has 39 heavy (non-hydrogen) atoms. The molecule has 4 rings (SSSR count). The minimum atomic E-state index is -9.75. The number of pyridine rings is 1. The molecule has 0 aliphatic heterocycles. The van der Waals surface area contributed by atoms with Gasteiger partial charge in [-0.3, -0.25) is 4.98 Å². The van der Waals surface area contributed by atoms with Crippen molar-refractivity contribution in [1.29, 1.82) is 0 Å². The summed E-state index contributed by atoms with van der Waals surface area (Å²) in [5.74, 6) is 0.0878. The number of hydrogen-bond acceptors (Lipinski definition) is 3. The smallest absolute Gasteiger partial charge is 0.310 e. The van der Waals surface area contributed by atoms with Gasteiger partial charge in [0.1, 0.15) is 4.90 Å². The van der Waals surface area contributed by atoms with Gasteiger partial charge in [-0.15, -0.1) is 0 Å². The van der Waals surface area contributed by atoms with E-state index in [1.807, 2.05) is 0 Å². The minimum absolute atomic E-state index is 0.0221. The lowest BCUT2D eigenvalue weighted by atomic mass is 9.53. The van der Waals surface area contributed by atoms with Gasteiger partial charge in [-0.05, 0) is 107 Å². The Morgan fingerprint density at radius 3 is 2.10 bits per heavy atom. The molecule has 1 heterocycles. The van der Waals surface area contributed by atoms with Crippen molar-refractivity contribution in [3.8, 4) is 0 Å². The molecule has 2 atom stereocenters.